The molecule has 176 valence electrons. The van der Waals surface area contributed by atoms with E-state index in [1.165, 1.54) is 18.2 Å². The third-order valence-electron chi connectivity index (χ3n) is 4.60. The van der Waals surface area contributed by atoms with Gasteiger partial charge < -0.3 is 15.5 Å². The van der Waals surface area contributed by atoms with Gasteiger partial charge in [-0.2, -0.15) is 0 Å². The normalized spacial score (nSPS) is 10.2. The van der Waals surface area contributed by atoms with Crippen LogP contribution in [0.2, 0.25) is 10.0 Å². The van der Waals surface area contributed by atoms with Crippen molar-refractivity contribution in [3.63, 3.8) is 0 Å². The van der Waals surface area contributed by atoms with Crippen LogP contribution in [0.1, 0.15) is 34.6 Å². The molecule has 0 atom stereocenters. The van der Waals surface area contributed by atoms with Crippen molar-refractivity contribution < 1.29 is 19.2 Å². The maximum atomic E-state index is 12.2. The summed E-state index contributed by atoms with van der Waals surface area (Å²) in [5.41, 5.74) is 6.04. The molecule has 4 N–H and O–H groups in total. The van der Waals surface area contributed by atoms with Crippen molar-refractivity contribution in [2.75, 3.05) is 31.1 Å². The van der Waals surface area contributed by atoms with Gasteiger partial charge in [0, 0.05) is 29.4 Å². The first-order valence-electron chi connectivity index (χ1n) is 10.2. The molecule has 0 heterocycles. The molecule has 0 bridgehead atoms. The lowest BCUT2D eigenvalue weighted by molar-refractivity contribution is -0.125. The van der Waals surface area contributed by atoms with Gasteiger partial charge in [0.2, 0.25) is 5.91 Å². The smallest absolute Gasteiger partial charge is 0.269 e. The Hall–Kier alpha value is -3.30. The standard InChI is InChI=1S/C22H25Cl2N5O4/c1-3-29(4-2)16-8-5-14(6-9-16)21(32)28-27-20(31)13-25-19(30)12-26-22(33)17-10-7-15(23)11-18(17)24/h5-11H,3-4,12-13H2,1-2H3,(H,25,30)(H,26,33)(H,27,31)(H,28,32). The monoisotopic (exact) mass is 493 g/mol. The largest absolute Gasteiger partial charge is 0.372 e. The van der Waals surface area contributed by atoms with E-state index in [9.17, 15) is 19.2 Å². The highest BCUT2D eigenvalue weighted by Crippen LogP contribution is 2.20. The molecule has 2 aromatic rings. The van der Waals surface area contributed by atoms with Gasteiger partial charge in [-0.05, 0) is 56.3 Å². The van der Waals surface area contributed by atoms with E-state index in [0.29, 0.717) is 10.6 Å². The predicted octanol–water partition coefficient (Wildman–Crippen LogP) is 2.15. The number of halogens is 2. The zero-order chi connectivity index (χ0) is 24.4. The number of hydrogen-bond donors (Lipinski definition) is 4. The molecule has 0 aromatic heterocycles. The van der Waals surface area contributed by atoms with Crippen LogP contribution >= 0.6 is 23.2 Å². The third kappa shape index (κ3) is 7.96. The van der Waals surface area contributed by atoms with Crippen molar-refractivity contribution in [2.45, 2.75) is 13.8 Å². The highest BCUT2D eigenvalue weighted by Gasteiger charge is 2.13. The van der Waals surface area contributed by atoms with E-state index in [1.807, 2.05) is 26.0 Å². The van der Waals surface area contributed by atoms with Crippen LogP contribution in [0.4, 0.5) is 5.69 Å². The molecule has 11 heteroatoms. The number of anilines is 1. The molecule has 0 aliphatic carbocycles. The summed E-state index contributed by atoms with van der Waals surface area (Å²) in [6.07, 6.45) is 0. The van der Waals surface area contributed by atoms with E-state index in [0.717, 1.165) is 18.8 Å². The fraction of sp³-hybridized carbons (Fsp3) is 0.273. The third-order valence-corrected chi connectivity index (χ3v) is 5.15. The van der Waals surface area contributed by atoms with Crippen LogP contribution in [-0.2, 0) is 9.59 Å². The summed E-state index contributed by atoms with van der Waals surface area (Å²) in [6, 6.07) is 11.3. The van der Waals surface area contributed by atoms with Crippen LogP contribution in [0.25, 0.3) is 0 Å². The number of nitrogens with one attached hydrogen (secondary N) is 4. The first kappa shape index (κ1) is 26.0. The summed E-state index contributed by atoms with van der Waals surface area (Å²) in [4.78, 5) is 50.1. The number of carbonyl (C=O) groups is 4. The molecule has 2 aromatic carbocycles. The number of nitrogens with zero attached hydrogens (tertiary/aromatic N) is 1. The highest BCUT2D eigenvalue weighted by atomic mass is 35.5. The summed E-state index contributed by atoms with van der Waals surface area (Å²) >= 11 is 11.7. The zero-order valence-corrected chi connectivity index (χ0v) is 19.7. The minimum atomic E-state index is -0.636. The van der Waals surface area contributed by atoms with Gasteiger partial charge in [0.15, 0.2) is 0 Å². The van der Waals surface area contributed by atoms with E-state index in [2.05, 4.69) is 26.4 Å². The molecule has 0 saturated carbocycles. The van der Waals surface area contributed by atoms with Gasteiger partial charge in [-0.1, -0.05) is 23.2 Å². The second-order valence-corrected chi connectivity index (χ2v) is 7.65. The second kappa shape index (κ2) is 12.7. The fourth-order valence-electron chi connectivity index (χ4n) is 2.83. The maximum absolute atomic E-state index is 12.2. The van der Waals surface area contributed by atoms with E-state index < -0.39 is 30.2 Å². The van der Waals surface area contributed by atoms with E-state index >= 15 is 0 Å². The molecule has 4 amide bonds. The quantitative estimate of drug-likeness (QED) is 0.399. The van der Waals surface area contributed by atoms with Crippen LogP contribution in [0.15, 0.2) is 42.5 Å². The minimum absolute atomic E-state index is 0.151. The average Bonchev–Trinajstić information content (AvgIpc) is 2.80. The lowest BCUT2D eigenvalue weighted by atomic mass is 10.2. The van der Waals surface area contributed by atoms with E-state index in [-0.39, 0.29) is 17.1 Å². The molecule has 0 aliphatic heterocycles. The molecule has 0 radical (unpaired) electrons. The predicted molar refractivity (Wildman–Crippen MR) is 127 cm³/mol. The summed E-state index contributed by atoms with van der Waals surface area (Å²) in [5, 5.41) is 5.25. The molecule has 0 fully saturated rings. The zero-order valence-electron chi connectivity index (χ0n) is 18.2. The summed E-state index contributed by atoms with van der Waals surface area (Å²) in [5.74, 6) is -2.28. The molecule has 33 heavy (non-hydrogen) atoms. The molecule has 0 spiro atoms. The molecular weight excluding hydrogens is 469 g/mol. The molecule has 2 rings (SSSR count). The minimum Gasteiger partial charge on any atom is -0.372 e. The maximum Gasteiger partial charge on any atom is 0.269 e. The number of hydrazine groups is 1. The second-order valence-electron chi connectivity index (χ2n) is 6.81. The van der Waals surface area contributed by atoms with Gasteiger partial charge in [0.1, 0.15) is 0 Å². The lowest BCUT2D eigenvalue weighted by Gasteiger charge is -2.21. The number of amides is 4. The van der Waals surface area contributed by atoms with Gasteiger partial charge in [0.25, 0.3) is 17.7 Å². The molecular formula is C22H25Cl2N5O4. The Labute approximate surface area is 201 Å². The Morgan fingerprint density at radius 2 is 1.42 bits per heavy atom. The van der Waals surface area contributed by atoms with Gasteiger partial charge >= 0.3 is 0 Å². The topological polar surface area (TPSA) is 120 Å². The van der Waals surface area contributed by atoms with Crippen molar-refractivity contribution in [2.24, 2.45) is 0 Å². The molecule has 0 saturated heterocycles. The van der Waals surface area contributed by atoms with Crippen molar-refractivity contribution in [3.05, 3.63) is 63.6 Å². The molecule has 0 aliphatic rings. The number of hydrogen-bond acceptors (Lipinski definition) is 5. The Morgan fingerprint density at radius 3 is 2.03 bits per heavy atom. The SMILES string of the molecule is CCN(CC)c1ccc(C(=O)NNC(=O)CNC(=O)CNC(=O)c2ccc(Cl)cc2Cl)cc1. The van der Waals surface area contributed by atoms with Crippen molar-refractivity contribution in [1.82, 2.24) is 21.5 Å². The number of benzene rings is 2. The summed E-state index contributed by atoms with van der Waals surface area (Å²) < 4.78 is 0. The summed E-state index contributed by atoms with van der Waals surface area (Å²) in [6.45, 7) is 5.03. The Bertz CT molecular complexity index is 1010. The van der Waals surface area contributed by atoms with E-state index in [1.54, 1.807) is 12.1 Å². The lowest BCUT2D eigenvalue weighted by Crippen LogP contribution is -2.47. The fourth-order valence-corrected chi connectivity index (χ4v) is 3.32. The Balaban J connectivity index is 1.72. The van der Waals surface area contributed by atoms with Crippen molar-refractivity contribution in [3.8, 4) is 0 Å². The molecule has 9 nitrogen and oxygen atoms in total. The molecule has 0 unspecified atom stereocenters. The number of rotatable bonds is 9. The van der Waals surface area contributed by atoms with Crippen LogP contribution in [-0.4, -0.2) is 49.8 Å². The average molecular weight is 494 g/mol. The first-order valence-corrected chi connectivity index (χ1v) is 10.9. The highest BCUT2D eigenvalue weighted by molar-refractivity contribution is 6.36. The first-order chi connectivity index (χ1) is 15.7. The number of carbonyl (C=O) groups excluding carboxylic acids is 4. The van der Waals surface area contributed by atoms with Gasteiger partial charge in [-0.25, -0.2) is 0 Å². The van der Waals surface area contributed by atoms with Gasteiger partial charge in [-0.3, -0.25) is 30.0 Å². The van der Waals surface area contributed by atoms with Crippen LogP contribution in [0, 0.1) is 0 Å². The summed E-state index contributed by atoms with van der Waals surface area (Å²) in [7, 11) is 0. The van der Waals surface area contributed by atoms with Crippen molar-refractivity contribution >= 4 is 52.5 Å². The Morgan fingerprint density at radius 1 is 0.788 bits per heavy atom. The van der Waals surface area contributed by atoms with E-state index in [4.69, 9.17) is 23.2 Å². The van der Waals surface area contributed by atoms with Gasteiger partial charge in [0.05, 0.1) is 23.7 Å². The van der Waals surface area contributed by atoms with Crippen LogP contribution in [0.5, 0.6) is 0 Å². The Kier molecular flexibility index (Phi) is 9.96. The van der Waals surface area contributed by atoms with Gasteiger partial charge in [-0.15, -0.1) is 0 Å². The van der Waals surface area contributed by atoms with Crippen molar-refractivity contribution in [1.29, 1.82) is 0 Å². The van der Waals surface area contributed by atoms with Crippen LogP contribution in [0.3, 0.4) is 0 Å². The van der Waals surface area contributed by atoms with Crippen LogP contribution < -0.4 is 26.4 Å².